The van der Waals surface area contributed by atoms with Crippen molar-refractivity contribution in [3.8, 4) is 5.75 Å². The summed E-state index contributed by atoms with van der Waals surface area (Å²) in [4.78, 5) is 2.30. The maximum atomic E-state index is 12.9. The van der Waals surface area contributed by atoms with Crippen LogP contribution in [0, 0.1) is 0 Å². The molecule has 0 fully saturated rings. The number of rotatable bonds is 5. The molecule has 1 heterocycles. The highest BCUT2D eigenvalue weighted by molar-refractivity contribution is 7.90. The average molecular weight is 381 g/mol. The number of hydrogen-bond donors (Lipinski definition) is 0. The topological polar surface area (TPSA) is 51.5 Å². The fourth-order valence-electron chi connectivity index (χ4n) is 2.82. The maximum Gasteiger partial charge on any atom is 0.268 e. The van der Waals surface area contributed by atoms with Gasteiger partial charge in [0.2, 0.25) is 0 Å². The molecule has 3 aromatic rings. The summed E-state index contributed by atoms with van der Waals surface area (Å²) >= 11 is 0. The highest BCUT2D eigenvalue weighted by Crippen LogP contribution is 2.31. The summed E-state index contributed by atoms with van der Waals surface area (Å²) in [5.74, 6) is 0.756. The molecular formula is C18H21ClN2O3S. The van der Waals surface area contributed by atoms with Crippen molar-refractivity contribution in [3.63, 3.8) is 0 Å². The van der Waals surface area contributed by atoms with Crippen LogP contribution in [0.1, 0.15) is 5.56 Å². The molecule has 0 amide bonds. The van der Waals surface area contributed by atoms with Crippen LogP contribution in [-0.2, 0) is 16.6 Å². The molecule has 134 valence electrons. The van der Waals surface area contributed by atoms with Gasteiger partial charge in [0.25, 0.3) is 10.0 Å². The Morgan fingerprint density at radius 2 is 1.72 bits per heavy atom. The summed E-state index contributed by atoms with van der Waals surface area (Å²) in [6.07, 6.45) is 1.60. The van der Waals surface area contributed by atoms with Crippen LogP contribution in [0.4, 0.5) is 0 Å². The minimum Gasteiger partial charge on any atom is -0.496 e. The minimum absolute atomic E-state index is 0. The third-order valence-corrected chi connectivity index (χ3v) is 5.60. The summed E-state index contributed by atoms with van der Waals surface area (Å²) in [7, 11) is 1.93. The van der Waals surface area contributed by atoms with Gasteiger partial charge in [-0.25, -0.2) is 12.4 Å². The zero-order valence-electron chi connectivity index (χ0n) is 14.3. The van der Waals surface area contributed by atoms with E-state index in [1.807, 2.05) is 31.1 Å². The van der Waals surface area contributed by atoms with Gasteiger partial charge in [-0.05, 0) is 44.4 Å². The van der Waals surface area contributed by atoms with E-state index in [1.54, 1.807) is 49.7 Å². The molecule has 5 nitrogen and oxygen atoms in total. The highest BCUT2D eigenvalue weighted by atomic mass is 35.5. The zero-order chi connectivity index (χ0) is 17.3. The summed E-state index contributed by atoms with van der Waals surface area (Å²) in [5, 5.41) is 0.877. The molecule has 0 unspecified atom stereocenters. The fourth-order valence-corrected chi connectivity index (χ4v) is 4.19. The molecule has 0 saturated heterocycles. The van der Waals surface area contributed by atoms with Gasteiger partial charge in [0, 0.05) is 23.7 Å². The Labute approximate surface area is 154 Å². The fraction of sp³-hybridized carbons (Fsp3) is 0.222. The van der Waals surface area contributed by atoms with E-state index in [9.17, 15) is 8.42 Å². The van der Waals surface area contributed by atoms with Gasteiger partial charge in [-0.3, -0.25) is 0 Å². The van der Waals surface area contributed by atoms with E-state index in [2.05, 4.69) is 0 Å². The zero-order valence-corrected chi connectivity index (χ0v) is 16.0. The molecule has 0 radical (unpaired) electrons. The number of halogens is 1. The van der Waals surface area contributed by atoms with Crippen molar-refractivity contribution in [2.75, 3.05) is 21.2 Å². The largest absolute Gasteiger partial charge is 0.496 e. The Hall–Kier alpha value is -2.02. The predicted octanol–water partition coefficient (Wildman–Crippen LogP) is 3.37. The summed E-state index contributed by atoms with van der Waals surface area (Å²) in [5.41, 5.74) is 1.62. The third-order valence-electron chi connectivity index (χ3n) is 3.90. The SMILES string of the molecule is COc1ccc2c(ccn2S(=O)(=O)c2ccccc2)c1CN(C)C.Cl. The normalized spacial score (nSPS) is 11.5. The second kappa shape index (κ2) is 7.47. The molecule has 25 heavy (non-hydrogen) atoms. The van der Waals surface area contributed by atoms with E-state index in [4.69, 9.17) is 4.74 Å². The van der Waals surface area contributed by atoms with Crippen LogP contribution in [0.2, 0.25) is 0 Å². The van der Waals surface area contributed by atoms with Crippen LogP contribution >= 0.6 is 12.4 Å². The summed E-state index contributed by atoms with van der Waals surface area (Å²) < 4.78 is 32.6. The first-order chi connectivity index (χ1) is 11.4. The van der Waals surface area contributed by atoms with Crippen molar-refractivity contribution >= 4 is 33.3 Å². The second-order valence-electron chi connectivity index (χ2n) is 5.85. The Bertz CT molecular complexity index is 967. The lowest BCUT2D eigenvalue weighted by molar-refractivity contribution is 0.374. The predicted molar refractivity (Wildman–Crippen MR) is 102 cm³/mol. The van der Waals surface area contributed by atoms with Crippen LogP contribution in [0.15, 0.2) is 59.6 Å². The molecule has 0 spiro atoms. The van der Waals surface area contributed by atoms with Gasteiger partial charge in [0.1, 0.15) is 5.75 Å². The quantitative estimate of drug-likeness (QED) is 0.681. The van der Waals surface area contributed by atoms with Crippen LogP contribution in [0.5, 0.6) is 5.75 Å². The van der Waals surface area contributed by atoms with E-state index >= 15 is 0 Å². The van der Waals surface area contributed by atoms with Crippen LogP contribution in [0.25, 0.3) is 10.9 Å². The van der Waals surface area contributed by atoms with Crippen LogP contribution < -0.4 is 4.74 Å². The molecule has 0 aliphatic rings. The standard InChI is InChI=1S/C18H20N2O3S.ClH/c1-19(2)13-16-15-11-12-20(17(15)9-10-18(16)23-3)24(21,22)14-7-5-4-6-8-14;/h4-12H,13H2,1-3H3;1H. The lowest BCUT2D eigenvalue weighted by Gasteiger charge is -2.15. The minimum atomic E-state index is -3.62. The second-order valence-corrected chi connectivity index (χ2v) is 7.66. The maximum absolute atomic E-state index is 12.9. The smallest absolute Gasteiger partial charge is 0.268 e. The van der Waals surface area contributed by atoms with E-state index in [0.29, 0.717) is 12.1 Å². The number of benzene rings is 2. The Kier molecular flexibility index (Phi) is 5.77. The first kappa shape index (κ1) is 19.3. The average Bonchev–Trinajstić information content (AvgIpc) is 3.01. The molecule has 0 bridgehead atoms. The molecule has 7 heteroatoms. The van der Waals surface area contributed by atoms with Crippen molar-refractivity contribution in [1.29, 1.82) is 0 Å². The molecule has 0 aliphatic carbocycles. The number of hydrogen-bond acceptors (Lipinski definition) is 4. The molecule has 0 aliphatic heterocycles. The third kappa shape index (κ3) is 3.51. The van der Waals surface area contributed by atoms with Gasteiger partial charge in [0.15, 0.2) is 0 Å². The molecule has 1 aromatic heterocycles. The van der Waals surface area contributed by atoms with Crippen molar-refractivity contribution < 1.29 is 13.2 Å². The molecule has 3 rings (SSSR count). The number of fused-ring (bicyclic) bond motifs is 1. The molecule has 0 atom stereocenters. The molecular weight excluding hydrogens is 360 g/mol. The lowest BCUT2D eigenvalue weighted by atomic mass is 10.1. The van der Waals surface area contributed by atoms with Gasteiger partial charge in [-0.1, -0.05) is 18.2 Å². The van der Waals surface area contributed by atoms with Crippen LogP contribution in [-0.4, -0.2) is 38.5 Å². The molecule has 2 aromatic carbocycles. The van der Waals surface area contributed by atoms with Gasteiger partial charge in [-0.15, -0.1) is 12.4 Å². The first-order valence-electron chi connectivity index (χ1n) is 7.57. The Morgan fingerprint density at radius 1 is 1.04 bits per heavy atom. The summed E-state index contributed by atoms with van der Waals surface area (Å²) in [6, 6.07) is 13.9. The van der Waals surface area contributed by atoms with E-state index in [1.165, 1.54) is 3.97 Å². The van der Waals surface area contributed by atoms with Gasteiger partial charge in [-0.2, -0.15) is 0 Å². The Balaban J connectivity index is 0.00000225. The van der Waals surface area contributed by atoms with Gasteiger partial charge >= 0.3 is 0 Å². The van der Waals surface area contributed by atoms with Crippen molar-refractivity contribution in [2.24, 2.45) is 0 Å². The van der Waals surface area contributed by atoms with Gasteiger partial charge in [0.05, 0.1) is 17.5 Å². The molecule has 0 saturated carbocycles. The number of nitrogens with zero attached hydrogens (tertiary/aromatic N) is 2. The van der Waals surface area contributed by atoms with E-state index in [0.717, 1.165) is 16.7 Å². The molecule has 0 N–H and O–H groups in total. The van der Waals surface area contributed by atoms with E-state index < -0.39 is 10.0 Å². The Morgan fingerprint density at radius 3 is 2.32 bits per heavy atom. The monoisotopic (exact) mass is 380 g/mol. The van der Waals surface area contributed by atoms with Crippen molar-refractivity contribution in [2.45, 2.75) is 11.4 Å². The van der Waals surface area contributed by atoms with Gasteiger partial charge < -0.3 is 9.64 Å². The number of methoxy groups -OCH3 is 1. The lowest BCUT2D eigenvalue weighted by Crippen LogP contribution is -2.13. The highest BCUT2D eigenvalue weighted by Gasteiger charge is 2.20. The summed E-state index contributed by atoms with van der Waals surface area (Å²) in [6.45, 7) is 0.663. The van der Waals surface area contributed by atoms with Crippen molar-refractivity contribution in [1.82, 2.24) is 8.87 Å². The number of ether oxygens (including phenoxy) is 1. The number of aromatic nitrogens is 1. The van der Waals surface area contributed by atoms with E-state index in [-0.39, 0.29) is 17.3 Å². The van der Waals surface area contributed by atoms with Crippen molar-refractivity contribution in [3.05, 3.63) is 60.3 Å². The first-order valence-corrected chi connectivity index (χ1v) is 9.01. The van der Waals surface area contributed by atoms with Crippen LogP contribution in [0.3, 0.4) is 0 Å².